The topological polar surface area (TPSA) is 37.3 Å². The van der Waals surface area contributed by atoms with Crippen LogP contribution in [0.1, 0.15) is 97.3 Å². The first-order valence-electron chi connectivity index (χ1n) is 9.72. The molecule has 0 atom stereocenters. The van der Waals surface area contributed by atoms with Crippen LogP contribution in [0.25, 0.3) is 0 Å². The second-order valence-corrected chi connectivity index (χ2v) is 10.9. The summed E-state index contributed by atoms with van der Waals surface area (Å²) in [5.74, 6) is -0.361. The van der Waals surface area contributed by atoms with Crippen LogP contribution >= 0.6 is 12.6 Å². The second-order valence-electron chi connectivity index (χ2n) is 6.15. The zero-order valence-corrected chi connectivity index (χ0v) is 19.4. The van der Waals surface area contributed by atoms with E-state index in [0.29, 0.717) is 5.75 Å². The van der Waals surface area contributed by atoms with Crippen LogP contribution in [0, 0.1) is 0 Å². The molecule has 1 N–H and O–H groups in total. The van der Waals surface area contributed by atoms with Gasteiger partial charge in [-0.2, -0.15) is 12.6 Å². The van der Waals surface area contributed by atoms with E-state index in [1.807, 2.05) is 0 Å². The number of carboxylic acids is 1. The van der Waals surface area contributed by atoms with Crippen LogP contribution in [-0.4, -0.2) is 38.0 Å². The van der Waals surface area contributed by atoms with Gasteiger partial charge in [0.2, 0.25) is 0 Å². The Morgan fingerprint density at radius 1 is 0.783 bits per heavy atom. The maximum atomic E-state index is 9.55. The van der Waals surface area contributed by atoms with E-state index in [-0.39, 0.29) is 27.6 Å². The molecule has 138 valence electrons. The first kappa shape index (κ1) is 25.9. The molecular weight excluding hydrogens is 411 g/mol. The third-order valence-corrected chi connectivity index (χ3v) is 8.00. The molecule has 2 nitrogen and oxygen atoms in total. The number of hydrogen-bond donors (Lipinski definition) is 2. The molecule has 0 fully saturated rings. The minimum atomic E-state index is -0.787. The predicted octanol–water partition coefficient (Wildman–Crippen LogP) is 6.64. The van der Waals surface area contributed by atoms with Gasteiger partial charge in [0.05, 0.1) is 6.42 Å². The fraction of sp³-hybridized carbons (Fsp3) is 0.947. The molecule has 0 aromatic carbocycles. The van der Waals surface area contributed by atoms with Crippen molar-refractivity contribution in [2.24, 2.45) is 0 Å². The van der Waals surface area contributed by atoms with E-state index in [9.17, 15) is 4.79 Å². The summed E-state index contributed by atoms with van der Waals surface area (Å²) < 4.78 is 3.31. The van der Waals surface area contributed by atoms with Crippen LogP contribution in [0.4, 0.5) is 0 Å². The standard InChI is InChI=1S/2C8H17.C3H6O2S.Sn/c2*1-3-5-7-8-6-4-2;4-3(5)1-2-6;/h2*1,3-8H2,2H3;6H,1-2H2,(H,4,5);. The Hall–Kier alpha value is 0.619. The first-order valence-corrected chi connectivity index (χ1v) is 14.4. The molecule has 4 heteroatoms. The molecule has 0 aromatic heterocycles. The molecule has 0 amide bonds. The Morgan fingerprint density at radius 2 is 1.17 bits per heavy atom. The molecule has 0 saturated carbocycles. The largest absolute Gasteiger partial charge is 0.481 e. The smallest absolute Gasteiger partial charge is 0.304 e. The van der Waals surface area contributed by atoms with Gasteiger partial charge in [0.25, 0.3) is 0 Å². The minimum absolute atomic E-state index is 0.0736. The monoisotopic (exact) mass is 452 g/mol. The predicted molar refractivity (Wildman–Crippen MR) is 108 cm³/mol. The fourth-order valence-corrected chi connectivity index (χ4v) is 6.04. The van der Waals surface area contributed by atoms with Crippen LogP contribution in [-0.2, 0) is 4.79 Å². The van der Waals surface area contributed by atoms with Gasteiger partial charge in [-0.05, 0) is 0 Å². The maximum absolute atomic E-state index is 9.55. The molecule has 0 heterocycles. The van der Waals surface area contributed by atoms with Crippen molar-refractivity contribution in [1.82, 2.24) is 0 Å². The van der Waals surface area contributed by atoms with E-state index in [4.69, 9.17) is 5.11 Å². The van der Waals surface area contributed by atoms with Gasteiger partial charge in [-0.1, -0.05) is 0 Å². The molecule has 0 unspecified atom stereocenters. The third kappa shape index (κ3) is 31.0. The molecule has 23 heavy (non-hydrogen) atoms. The third-order valence-electron chi connectivity index (χ3n) is 3.74. The molecule has 0 spiro atoms. The van der Waals surface area contributed by atoms with Crippen molar-refractivity contribution in [3.8, 4) is 0 Å². The number of rotatable bonds is 16. The second kappa shape index (κ2) is 24.9. The summed E-state index contributed by atoms with van der Waals surface area (Å²) in [6.07, 6.45) is 18.0. The molecule has 2 radical (unpaired) electrons. The van der Waals surface area contributed by atoms with E-state index in [1.54, 1.807) is 21.7 Å². The molecule has 0 aliphatic heterocycles. The van der Waals surface area contributed by atoms with E-state index >= 15 is 0 Å². The normalized spacial score (nSPS) is 10.2. The van der Waals surface area contributed by atoms with E-state index in [1.165, 1.54) is 64.2 Å². The number of carboxylic acid groups (broad SMARTS) is 1. The van der Waals surface area contributed by atoms with Gasteiger partial charge in [0.1, 0.15) is 0 Å². The summed E-state index contributed by atoms with van der Waals surface area (Å²) in [4.78, 5) is 9.55. The molecular formula is C19H40O2SSn. The van der Waals surface area contributed by atoms with Gasteiger partial charge < -0.3 is 5.11 Å². The van der Waals surface area contributed by atoms with Crippen LogP contribution in [0.15, 0.2) is 0 Å². The summed E-state index contributed by atoms with van der Waals surface area (Å²) in [6, 6.07) is 0. The average molecular weight is 451 g/mol. The first-order chi connectivity index (χ1) is 11.2. The van der Waals surface area contributed by atoms with Gasteiger partial charge in [-0.3, -0.25) is 4.79 Å². The van der Waals surface area contributed by atoms with E-state index < -0.39 is 5.97 Å². The Bertz CT molecular complexity index is 211. The Kier molecular flexibility index (Phi) is 28.0. The molecule has 0 aliphatic carbocycles. The van der Waals surface area contributed by atoms with E-state index in [2.05, 4.69) is 26.5 Å². The molecule has 0 rings (SSSR count). The maximum Gasteiger partial charge on any atom is 0.304 e. The number of hydrogen-bond acceptors (Lipinski definition) is 2. The van der Waals surface area contributed by atoms with Crippen molar-refractivity contribution in [2.45, 2.75) is 106 Å². The summed E-state index contributed by atoms with van der Waals surface area (Å²) in [5, 5.41) is 7.86. The summed E-state index contributed by atoms with van der Waals surface area (Å²) >= 11 is 3.75. The number of thiol groups is 1. The summed E-state index contributed by atoms with van der Waals surface area (Å²) in [7, 11) is 0. The Morgan fingerprint density at radius 3 is 1.48 bits per heavy atom. The Balaban J connectivity index is 0. The van der Waals surface area contributed by atoms with Gasteiger partial charge in [-0.15, -0.1) is 0 Å². The summed E-state index contributed by atoms with van der Waals surface area (Å²) in [6.45, 7) is 4.60. The van der Waals surface area contributed by atoms with Crippen LogP contribution in [0.2, 0.25) is 8.87 Å². The summed E-state index contributed by atoms with van der Waals surface area (Å²) in [5.41, 5.74) is 0. The SMILES string of the molecule is CCCCCCC[CH2][Sn][CH2]CCCCCCC.O=C(O)CCS. The number of unbranched alkanes of at least 4 members (excludes halogenated alkanes) is 10. The van der Waals surface area contributed by atoms with Gasteiger partial charge >= 0.3 is 127 Å². The van der Waals surface area contributed by atoms with Crippen molar-refractivity contribution in [3.63, 3.8) is 0 Å². The van der Waals surface area contributed by atoms with Crippen molar-refractivity contribution in [1.29, 1.82) is 0 Å². The number of carbonyl (C=O) groups is 1. The van der Waals surface area contributed by atoms with Gasteiger partial charge in [0, 0.05) is 5.75 Å². The van der Waals surface area contributed by atoms with E-state index in [0.717, 1.165) is 0 Å². The molecule has 0 saturated heterocycles. The number of aliphatic carboxylic acids is 1. The Labute approximate surface area is 161 Å². The van der Waals surface area contributed by atoms with Gasteiger partial charge in [-0.25, -0.2) is 0 Å². The quantitative estimate of drug-likeness (QED) is 0.157. The van der Waals surface area contributed by atoms with Crippen molar-refractivity contribution < 1.29 is 9.90 Å². The van der Waals surface area contributed by atoms with Crippen LogP contribution in [0.5, 0.6) is 0 Å². The zero-order valence-electron chi connectivity index (χ0n) is 15.6. The molecule has 0 bridgehead atoms. The van der Waals surface area contributed by atoms with Crippen molar-refractivity contribution >= 4 is 39.7 Å². The van der Waals surface area contributed by atoms with Crippen LogP contribution < -0.4 is 0 Å². The van der Waals surface area contributed by atoms with Crippen molar-refractivity contribution in [2.75, 3.05) is 5.75 Å². The minimum Gasteiger partial charge on any atom is -0.481 e. The van der Waals surface area contributed by atoms with Crippen molar-refractivity contribution in [3.05, 3.63) is 0 Å². The van der Waals surface area contributed by atoms with Crippen LogP contribution in [0.3, 0.4) is 0 Å². The average Bonchev–Trinajstić information content (AvgIpc) is 2.52. The fourth-order valence-electron chi connectivity index (χ4n) is 2.28. The van der Waals surface area contributed by atoms with Gasteiger partial charge in [0.15, 0.2) is 0 Å². The molecule has 0 aromatic rings. The molecule has 0 aliphatic rings. The zero-order chi connectivity index (χ0) is 17.6.